The summed E-state index contributed by atoms with van der Waals surface area (Å²) in [7, 11) is 0. The zero-order valence-electron chi connectivity index (χ0n) is 29.7. The fourth-order valence-corrected chi connectivity index (χ4v) is 6.09. The van der Waals surface area contributed by atoms with Gasteiger partial charge in [0.15, 0.2) is 0 Å². The quantitative estimate of drug-likeness (QED) is 0.0309. The van der Waals surface area contributed by atoms with Gasteiger partial charge in [0.1, 0.15) is 0 Å². The number of rotatable bonds is 34. The molecule has 0 saturated heterocycles. The molecule has 0 aliphatic heterocycles. The summed E-state index contributed by atoms with van der Waals surface area (Å²) in [5.74, 6) is -2.43. The van der Waals surface area contributed by atoms with E-state index in [9.17, 15) is 14.4 Å². The summed E-state index contributed by atoms with van der Waals surface area (Å²) < 4.78 is 0. The SMILES string of the molecule is CCCCCCCCCCCCCCCCC(=O)C(=O)OOC(=O)C(CCC)CCCCCCCCCCCCCCCC. The van der Waals surface area contributed by atoms with Gasteiger partial charge in [0.2, 0.25) is 5.78 Å². The minimum absolute atomic E-state index is 0.159. The van der Waals surface area contributed by atoms with Gasteiger partial charge in [0.05, 0.1) is 5.92 Å². The van der Waals surface area contributed by atoms with E-state index in [-0.39, 0.29) is 12.3 Å². The lowest BCUT2D eigenvalue weighted by atomic mass is 9.96. The van der Waals surface area contributed by atoms with Crippen molar-refractivity contribution in [2.45, 2.75) is 226 Å². The van der Waals surface area contributed by atoms with Crippen molar-refractivity contribution in [3.05, 3.63) is 0 Å². The van der Waals surface area contributed by atoms with Crippen molar-refractivity contribution < 1.29 is 24.2 Å². The molecule has 0 aliphatic carbocycles. The number of unbranched alkanes of at least 4 members (excludes halogenated alkanes) is 26. The Labute approximate surface area is 273 Å². The van der Waals surface area contributed by atoms with E-state index >= 15 is 0 Å². The van der Waals surface area contributed by atoms with Gasteiger partial charge in [-0.3, -0.25) is 4.79 Å². The van der Waals surface area contributed by atoms with Gasteiger partial charge in [0, 0.05) is 6.42 Å². The number of hydrogen-bond acceptors (Lipinski definition) is 5. The number of carbonyl (C=O) groups excluding carboxylic acids is 3. The standard InChI is InChI=1S/C39H74O5/c1-4-7-9-11-13-15-17-19-21-23-25-27-29-31-34-36(33-6-3)38(41)43-44-39(42)37(40)35-32-30-28-26-24-22-20-18-16-14-12-10-8-5-2/h36H,4-35H2,1-3H3. The Bertz CT molecular complexity index is 646. The van der Waals surface area contributed by atoms with Crippen molar-refractivity contribution in [3.63, 3.8) is 0 Å². The molecule has 1 atom stereocenters. The van der Waals surface area contributed by atoms with Crippen LogP contribution in [0.15, 0.2) is 0 Å². The fraction of sp³-hybridized carbons (Fsp3) is 0.923. The third kappa shape index (κ3) is 29.3. The molecule has 0 aromatic heterocycles. The minimum atomic E-state index is -1.04. The monoisotopic (exact) mass is 623 g/mol. The molecule has 0 aliphatic rings. The second kappa shape index (κ2) is 34.5. The Morgan fingerprint density at radius 3 is 1.09 bits per heavy atom. The summed E-state index contributed by atoms with van der Waals surface area (Å²) in [6, 6.07) is 0. The third-order valence-corrected chi connectivity index (χ3v) is 9.06. The van der Waals surface area contributed by atoms with E-state index in [4.69, 9.17) is 4.89 Å². The van der Waals surface area contributed by atoms with E-state index in [0.717, 1.165) is 38.5 Å². The van der Waals surface area contributed by atoms with Gasteiger partial charge >= 0.3 is 11.9 Å². The highest BCUT2D eigenvalue weighted by atomic mass is 17.2. The molecular weight excluding hydrogens is 548 g/mol. The maximum absolute atomic E-state index is 12.5. The first-order chi connectivity index (χ1) is 21.6. The Hall–Kier alpha value is -1.39. The zero-order valence-corrected chi connectivity index (χ0v) is 29.7. The molecule has 1 unspecified atom stereocenters. The van der Waals surface area contributed by atoms with Crippen molar-refractivity contribution in [2.75, 3.05) is 0 Å². The lowest BCUT2D eigenvalue weighted by Gasteiger charge is -2.13. The molecular formula is C39H74O5. The molecule has 0 aromatic carbocycles. The second-order valence-corrected chi connectivity index (χ2v) is 13.4. The number of hydrogen-bond donors (Lipinski definition) is 0. The van der Waals surface area contributed by atoms with Crippen molar-refractivity contribution in [1.82, 2.24) is 0 Å². The Morgan fingerprint density at radius 1 is 0.386 bits per heavy atom. The Kier molecular flexibility index (Phi) is 33.4. The summed E-state index contributed by atoms with van der Waals surface area (Å²) in [5, 5.41) is 0. The van der Waals surface area contributed by atoms with Crippen LogP contribution in [0.4, 0.5) is 0 Å². The second-order valence-electron chi connectivity index (χ2n) is 13.4. The van der Waals surface area contributed by atoms with Crippen molar-refractivity contribution in [2.24, 2.45) is 5.92 Å². The average molecular weight is 623 g/mol. The maximum Gasteiger partial charge on any atom is 0.421 e. The predicted molar refractivity (Wildman–Crippen MR) is 185 cm³/mol. The Balaban J connectivity index is 3.74. The molecule has 0 N–H and O–H groups in total. The van der Waals surface area contributed by atoms with Crippen molar-refractivity contribution in [1.29, 1.82) is 0 Å². The summed E-state index contributed by atoms with van der Waals surface area (Å²) in [4.78, 5) is 46.1. The lowest BCUT2D eigenvalue weighted by molar-refractivity contribution is -0.260. The highest BCUT2D eigenvalue weighted by Gasteiger charge is 2.24. The van der Waals surface area contributed by atoms with E-state index in [2.05, 4.69) is 18.7 Å². The number of Topliss-reactive ketones (excluding diaryl/α,β-unsaturated/α-hetero) is 1. The molecule has 0 fully saturated rings. The van der Waals surface area contributed by atoms with Crippen LogP contribution >= 0.6 is 0 Å². The van der Waals surface area contributed by atoms with Crippen molar-refractivity contribution >= 4 is 17.7 Å². The molecule has 44 heavy (non-hydrogen) atoms. The molecule has 0 amide bonds. The highest BCUT2D eigenvalue weighted by Crippen LogP contribution is 2.20. The molecule has 0 rings (SSSR count). The van der Waals surface area contributed by atoms with Crippen molar-refractivity contribution in [3.8, 4) is 0 Å². The first-order valence-electron chi connectivity index (χ1n) is 19.5. The molecule has 0 saturated carbocycles. The Morgan fingerprint density at radius 2 is 0.727 bits per heavy atom. The van der Waals surface area contributed by atoms with Gasteiger partial charge in [0.25, 0.3) is 0 Å². The third-order valence-electron chi connectivity index (χ3n) is 9.06. The van der Waals surface area contributed by atoms with E-state index in [0.29, 0.717) is 12.8 Å². The predicted octanol–water partition coefficient (Wildman–Crippen LogP) is 12.7. The first kappa shape index (κ1) is 42.6. The van der Waals surface area contributed by atoms with Gasteiger partial charge < -0.3 is 0 Å². The number of ketones is 1. The highest BCUT2D eigenvalue weighted by molar-refractivity contribution is 6.33. The maximum atomic E-state index is 12.5. The zero-order chi connectivity index (χ0) is 32.4. The molecule has 0 bridgehead atoms. The minimum Gasteiger partial charge on any atom is -0.287 e. The molecule has 5 nitrogen and oxygen atoms in total. The van der Waals surface area contributed by atoms with Crippen LogP contribution < -0.4 is 0 Å². The summed E-state index contributed by atoms with van der Waals surface area (Å²) in [5.41, 5.74) is 0. The van der Waals surface area contributed by atoms with Crippen LogP contribution in [0.1, 0.15) is 226 Å². The van der Waals surface area contributed by atoms with Crippen LogP contribution in [-0.4, -0.2) is 17.7 Å². The largest absolute Gasteiger partial charge is 0.421 e. The van der Waals surface area contributed by atoms with E-state index in [1.165, 1.54) is 148 Å². The van der Waals surface area contributed by atoms with Gasteiger partial charge in [-0.05, 0) is 19.3 Å². The van der Waals surface area contributed by atoms with Gasteiger partial charge in [-0.15, -0.1) is 0 Å². The molecule has 0 radical (unpaired) electrons. The molecule has 5 heteroatoms. The summed E-state index contributed by atoms with van der Waals surface area (Å²) in [6.45, 7) is 6.57. The van der Waals surface area contributed by atoms with E-state index in [1.807, 2.05) is 6.92 Å². The smallest absolute Gasteiger partial charge is 0.287 e. The van der Waals surface area contributed by atoms with Crippen LogP contribution in [0.25, 0.3) is 0 Å². The van der Waals surface area contributed by atoms with Gasteiger partial charge in [-0.2, -0.15) is 0 Å². The van der Waals surface area contributed by atoms with Gasteiger partial charge in [-0.1, -0.05) is 201 Å². The normalized spacial score (nSPS) is 11.9. The average Bonchev–Trinajstić information content (AvgIpc) is 3.03. The van der Waals surface area contributed by atoms with Gasteiger partial charge in [-0.25, -0.2) is 19.4 Å². The summed E-state index contributed by atoms with van der Waals surface area (Å²) >= 11 is 0. The van der Waals surface area contributed by atoms with Crippen LogP contribution in [0.2, 0.25) is 0 Å². The van der Waals surface area contributed by atoms with E-state index in [1.54, 1.807) is 0 Å². The first-order valence-corrected chi connectivity index (χ1v) is 19.5. The fourth-order valence-electron chi connectivity index (χ4n) is 6.09. The topological polar surface area (TPSA) is 69.7 Å². The molecule has 0 aromatic rings. The van der Waals surface area contributed by atoms with Crippen LogP contribution in [0.5, 0.6) is 0 Å². The van der Waals surface area contributed by atoms with Crippen LogP contribution in [0.3, 0.4) is 0 Å². The van der Waals surface area contributed by atoms with Crippen LogP contribution in [-0.2, 0) is 24.2 Å². The van der Waals surface area contributed by atoms with E-state index < -0.39 is 17.7 Å². The summed E-state index contributed by atoms with van der Waals surface area (Å²) in [6.07, 6.45) is 38.0. The molecule has 0 heterocycles. The molecule has 0 spiro atoms. The number of carbonyl (C=O) groups is 3. The molecule has 260 valence electrons. The van der Waals surface area contributed by atoms with Crippen LogP contribution in [0, 0.1) is 5.92 Å². The lowest BCUT2D eigenvalue weighted by Crippen LogP contribution is -2.23.